The second kappa shape index (κ2) is 3.04. The first kappa shape index (κ1) is 8.25. The molecule has 6 heteroatoms. The fraction of sp³-hybridized carbons (Fsp3) is 0.167. The highest BCUT2D eigenvalue weighted by Gasteiger charge is 2.04. The van der Waals surface area contributed by atoms with Crippen molar-refractivity contribution in [1.82, 2.24) is 9.55 Å². The van der Waals surface area contributed by atoms with Crippen molar-refractivity contribution in [3.63, 3.8) is 0 Å². The predicted octanol–water partition coefficient (Wildman–Crippen LogP) is -0.966. The van der Waals surface area contributed by atoms with Crippen molar-refractivity contribution in [3.8, 4) is 5.88 Å². The Kier molecular flexibility index (Phi) is 2.09. The van der Waals surface area contributed by atoms with Gasteiger partial charge in [0, 0.05) is 12.4 Å². The van der Waals surface area contributed by atoms with E-state index in [4.69, 9.17) is 10.2 Å². The highest BCUT2D eigenvalue weighted by atomic mass is 16.4. The average molecular weight is 170 g/mol. The lowest BCUT2D eigenvalue weighted by Gasteiger charge is -1.99. The smallest absolute Gasteiger partial charge is 0.323 e. The van der Waals surface area contributed by atoms with Gasteiger partial charge in [-0.1, -0.05) is 0 Å². The summed E-state index contributed by atoms with van der Waals surface area (Å²) >= 11 is 0. The number of hydrogen-bond donors (Lipinski definition) is 2. The Morgan fingerprint density at radius 2 is 2.33 bits per heavy atom. The molecule has 0 aliphatic carbocycles. The number of hydrogen-bond acceptors (Lipinski definition) is 4. The van der Waals surface area contributed by atoms with Crippen LogP contribution in [0.15, 0.2) is 17.2 Å². The molecule has 1 aromatic heterocycles. The van der Waals surface area contributed by atoms with Crippen LogP contribution in [-0.2, 0) is 11.3 Å². The van der Waals surface area contributed by atoms with E-state index < -0.39 is 24.0 Å². The number of carboxylic acids is 1. The molecule has 0 unspecified atom stereocenters. The number of nitrogens with zero attached hydrogens (tertiary/aromatic N) is 2. The van der Waals surface area contributed by atoms with Gasteiger partial charge in [0.2, 0.25) is 0 Å². The van der Waals surface area contributed by atoms with E-state index in [1.165, 1.54) is 6.20 Å². The molecule has 0 bridgehead atoms. The number of aromatic hydroxyl groups is 1. The lowest BCUT2D eigenvalue weighted by atomic mass is 10.6. The van der Waals surface area contributed by atoms with Crippen molar-refractivity contribution in [2.24, 2.45) is 0 Å². The van der Waals surface area contributed by atoms with Crippen LogP contribution in [0.2, 0.25) is 0 Å². The van der Waals surface area contributed by atoms with E-state index >= 15 is 0 Å². The normalized spacial score (nSPS) is 9.67. The van der Waals surface area contributed by atoms with Crippen LogP contribution in [0.1, 0.15) is 0 Å². The van der Waals surface area contributed by atoms with Crippen molar-refractivity contribution in [1.29, 1.82) is 0 Å². The fourth-order valence-electron chi connectivity index (χ4n) is 0.706. The van der Waals surface area contributed by atoms with Gasteiger partial charge in [-0.2, -0.15) is 0 Å². The first-order valence-electron chi connectivity index (χ1n) is 3.07. The summed E-state index contributed by atoms with van der Waals surface area (Å²) in [6, 6.07) is 0. The highest BCUT2D eigenvalue weighted by Crippen LogP contribution is 1.90. The summed E-state index contributed by atoms with van der Waals surface area (Å²) < 4.78 is 0.852. The van der Waals surface area contributed by atoms with Gasteiger partial charge in [0.05, 0.1) is 0 Å². The quantitative estimate of drug-likeness (QED) is 0.595. The second-order valence-electron chi connectivity index (χ2n) is 2.08. The molecule has 0 saturated heterocycles. The molecular formula is C6H6N2O4. The minimum atomic E-state index is -1.15. The van der Waals surface area contributed by atoms with Crippen LogP contribution >= 0.6 is 0 Å². The maximum Gasteiger partial charge on any atom is 0.323 e. The molecule has 0 amide bonds. The van der Waals surface area contributed by atoms with Gasteiger partial charge in [0.25, 0.3) is 5.88 Å². The summed E-state index contributed by atoms with van der Waals surface area (Å²) in [6.45, 7) is -0.477. The van der Waals surface area contributed by atoms with Crippen LogP contribution < -0.4 is 5.56 Å². The van der Waals surface area contributed by atoms with Crippen molar-refractivity contribution >= 4 is 5.97 Å². The molecule has 6 nitrogen and oxygen atoms in total. The monoisotopic (exact) mass is 170 g/mol. The maximum absolute atomic E-state index is 10.9. The van der Waals surface area contributed by atoms with Gasteiger partial charge in [-0.25, -0.2) is 4.98 Å². The zero-order chi connectivity index (χ0) is 9.14. The fourth-order valence-corrected chi connectivity index (χ4v) is 0.706. The lowest BCUT2D eigenvalue weighted by Crippen LogP contribution is -2.23. The summed E-state index contributed by atoms with van der Waals surface area (Å²) in [5.74, 6) is -1.85. The van der Waals surface area contributed by atoms with Gasteiger partial charge in [-0.05, 0) is 0 Å². The van der Waals surface area contributed by atoms with E-state index in [2.05, 4.69) is 4.98 Å². The molecule has 0 aliphatic rings. The zero-order valence-electron chi connectivity index (χ0n) is 5.97. The third-order valence-electron chi connectivity index (χ3n) is 1.20. The molecule has 1 aromatic rings. The Hall–Kier alpha value is -1.85. The van der Waals surface area contributed by atoms with Gasteiger partial charge in [-0.3, -0.25) is 14.2 Å². The molecule has 0 atom stereocenters. The van der Waals surface area contributed by atoms with Gasteiger partial charge in [-0.15, -0.1) is 0 Å². The van der Waals surface area contributed by atoms with Crippen LogP contribution in [0.3, 0.4) is 0 Å². The summed E-state index contributed by atoms with van der Waals surface area (Å²) in [7, 11) is 0. The van der Waals surface area contributed by atoms with Crippen molar-refractivity contribution < 1.29 is 15.0 Å². The van der Waals surface area contributed by atoms with Crippen LogP contribution in [-0.4, -0.2) is 25.7 Å². The standard InChI is InChI=1S/C6H6N2O4/c9-4(10)3-8-2-1-7-5(11)6(8)12/h1-2H,3H2,(H,7,11)(H,9,10). The Balaban J connectivity index is 3.09. The molecule has 0 saturated carbocycles. The summed E-state index contributed by atoms with van der Waals surface area (Å²) in [4.78, 5) is 24.3. The van der Waals surface area contributed by atoms with Gasteiger partial charge < -0.3 is 10.2 Å². The number of rotatable bonds is 2. The molecule has 0 fully saturated rings. The number of carboxylic acid groups (broad SMARTS) is 1. The largest absolute Gasteiger partial charge is 0.489 e. The van der Waals surface area contributed by atoms with Gasteiger partial charge >= 0.3 is 11.5 Å². The van der Waals surface area contributed by atoms with Gasteiger partial charge in [0.1, 0.15) is 6.54 Å². The Labute approximate surface area is 66.7 Å². The molecule has 0 radical (unpaired) electrons. The van der Waals surface area contributed by atoms with Crippen molar-refractivity contribution in [2.75, 3.05) is 0 Å². The molecular weight excluding hydrogens is 164 g/mol. The van der Waals surface area contributed by atoms with E-state index in [-0.39, 0.29) is 0 Å². The minimum absolute atomic E-state index is 0.477. The topological polar surface area (TPSA) is 92.4 Å². The number of aromatic nitrogens is 2. The first-order chi connectivity index (χ1) is 5.61. The average Bonchev–Trinajstić information content (AvgIpc) is 1.98. The summed E-state index contributed by atoms with van der Waals surface area (Å²) in [6.07, 6.45) is 2.34. The van der Waals surface area contributed by atoms with Crippen LogP contribution in [0.5, 0.6) is 5.88 Å². The van der Waals surface area contributed by atoms with Crippen LogP contribution in [0.25, 0.3) is 0 Å². The van der Waals surface area contributed by atoms with Crippen molar-refractivity contribution in [2.45, 2.75) is 6.54 Å². The van der Waals surface area contributed by atoms with E-state index in [1.54, 1.807) is 0 Å². The third-order valence-corrected chi connectivity index (χ3v) is 1.20. The highest BCUT2D eigenvalue weighted by molar-refractivity contribution is 5.66. The van der Waals surface area contributed by atoms with E-state index in [9.17, 15) is 9.59 Å². The Morgan fingerprint density at radius 1 is 1.67 bits per heavy atom. The molecule has 2 N–H and O–H groups in total. The Bertz CT molecular complexity index is 357. The molecule has 12 heavy (non-hydrogen) atoms. The van der Waals surface area contributed by atoms with Crippen molar-refractivity contribution in [3.05, 3.63) is 22.7 Å². The number of aliphatic carboxylic acids is 1. The predicted molar refractivity (Wildman–Crippen MR) is 37.8 cm³/mol. The lowest BCUT2D eigenvalue weighted by molar-refractivity contribution is -0.137. The molecule has 0 spiro atoms. The van der Waals surface area contributed by atoms with Crippen LogP contribution in [0.4, 0.5) is 0 Å². The number of carbonyl (C=O) groups is 1. The minimum Gasteiger partial charge on any atom is -0.489 e. The van der Waals surface area contributed by atoms with E-state index in [0.717, 1.165) is 10.8 Å². The second-order valence-corrected chi connectivity index (χ2v) is 2.08. The maximum atomic E-state index is 10.9. The molecule has 0 aliphatic heterocycles. The molecule has 64 valence electrons. The first-order valence-corrected chi connectivity index (χ1v) is 3.07. The Morgan fingerprint density at radius 3 is 2.92 bits per heavy atom. The van der Waals surface area contributed by atoms with Crippen LogP contribution in [0, 0.1) is 0 Å². The van der Waals surface area contributed by atoms with E-state index in [0.29, 0.717) is 0 Å². The zero-order valence-corrected chi connectivity index (χ0v) is 5.97. The van der Waals surface area contributed by atoms with E-state index in [1.807, 2.05) is 0 Å². The summed E-state index contributed by atoms with van der Waals surface area (Å²) in [5.41, 5.74) is -0.806. The third kappa shape index (κ3) is 1.60. The molecule has 1 rings (SSSR count). The SMILES string of the molecule is O=C(O)Cn1ccnc(O)c1=O. The van der Waals surface area contributed by atoms with Gasteiger partial charge in [0.15, 0.2) is 0 Å². The molecule has 0 aromatic carbocycles. The summed E-state index contributed by atoms with van der Waals surface area (Å²) in [5, 5.41) is 17.1. The molecule has 1 heterocycles.